The normalized spacial score (nSPS) is 14.1. The van der Waals surface area contributed by atoms with E-state index in [2.05, 4.69) is 12.1 Å². The van der Waals surface area contributed by atoms with Crippen LogP contribution in [0.15, 0.2) is 66.7 Å². The molecule has 0 amide bonds. The van der Waals surface area contributed by atoms with Crippen molar-refractivity contribution in [2.45, 2.75) is 0 Å². The van der Waals surface area contributed by atoms with Gasteiger partial charge in [-0.25, -0.2) is 4.98 Å². The van der Waals surface area contributed by atoms with Crippen LogP contribution < -0.4 is 4.90 Å². The van der Waals surface area contributed by atoms with Crippen molar-refractivity contribution in [2.24, 2.45) is 5.92 Å². The first-order chi connectivity index (χ1) is 12.6. The summed E-state index contributed by atoms with van der Waals surface area (Å²) in [6.45, 7) is 0.986. The Labute approximate surface area is 156 Å². The van der Waals surface area contributed by atoms with E-state index in [0.717, 1.165) is 28.2 Å². The van der Waals surface area contributed by atoms with E-state index in [-0.39, 0.29) is 5.92 Å². The Hall–Kier alpha value is -2.85. The maximum Gasteiger partial charge on any atom is 0.310 e. The van der Waals surface area contributed by atoms with Gasteiger partial charge in [-0.15, -0.1) is 0 Å². The standard InChI is InChI=1S/C21H17ClN2O2/c22-16-9-10-17(14-5-2-1-3-6-14)18(11-16)19-7-4-8-20(23-19)24-12-15(13-24)21(25)26/h1-11,15H,12-13H2,(H,25,26). The lowest BCUT2D eigenvalue weighted by molar-refractivity contribution is -0.142. The van der Waals surface area contributed by atoms with Crippen LogP contribution in [0.5, 0.6) is 0 Å². The number of carboxylic acid groups (broad SMARTS) is 1. The van der Waals surface area contributed by atoms with Gasteiger partial charge in [0.25, 0.3) is 0 Å². The fraction of sp³-hybridized carbons (Fsp3) is 0.143. The summed E-state index contributed by atoms with van der Waals surface area (Å²) >= 11 is 6.25. The zero-order valence-corrected chi connectivity index (χ0v) is 14.7. The zero-order chi connectivity index (χ0) is 18.1. The van der Waals surface area contributed by atoms with Crippen LogP contribution in [0, 0.1) is 5.92 Å². The van der Waals surface area contributed by atoms with Gasteiger partial charge in [0.05, 0.1) is 11.6 Å². The van der Waals surface area contributed by atoms with E-state index in [0.29, 0.717) is 18.1 Å². The monoisotopic (exact) mass is 364 g/mol. The molecule has 0 spiro atoms. The molecule has 5 heteroatoms. The first kappa shape index (κ1) is 16.6. The summed E-state index contributed by atoms with van der Waals surface area (Å²) in [6, 6.07) is 21.7. The van der Waals surface area contributed by atoms with Gasteiger partial charge in [0.2, 0.25) is 0 Å². The average molecular weight is 365 g/mol. The second-order valence-electron chi connectivity index (χ2n) is 6.38. The second-order valence-corrected chi connectivity index (χ2v) is 6.81. The van der Waals surface area contributed by atoms with Crippen molar-refractivity contribution in [3.63, 3.8) is 0 Å². The van der Waals surface area contributed by atoms with E-state index in [1.54, 1.807) is 0 Å². The Morgan fingerprint density at radius 2 is 1.77 bits per heavy atom. The predicted molar refractivity (Wildman–Crippen MR) is 103 cm³/mol. The van der Waals surface area contributed by atoms with E-state index in [1.807, 2.05) is 59.5 Å². The Balaban J connectivity index is 1.71. The number of aliphatic carboxylic acids is 1. The molecule has 130 valence electrons. The number of halogens is 1. The minimum Gasteiger partial charge on any atom is -0.481 e. The Morgan fingerprint density at radius 3 is 2.50 bits per heavy atom. The molecular weight excluding hydrogens is 348 g/mol. The fourth-order valence-corrected chi connectivity index (χ4v) is 3.34. The number of carboxylic acids is 1. The van der Waals surface area contributed by atoms with Crippen LogP contribution in [0.4, 0.5) is 5.82 Å². The van der Waals surface area contributed by atoms with E-state index in [1.165, 1.54) is 0 Å². The number of hydrogen-bond donors (Lipinski definition) is 1. The molecule has 0 radical (unpaired) electrons. The largest absolute Gasteiger partial charge is 0.481 e. The summed E-state index contributed by atoms with van der Waals surface area (Å²) in [5, 5.41) is 9.72. The Bertz CT molecular complexity index is 953. The smallest absolute Gasteiger partial charge is 0.310 e. The van der Waals surface area contributed by atoms with Gasteiger partial charge in [0.15, 0.2) is 0 Å². The molecule has 2 aromatic carbocycles. The van der Waals surface area contributed by atoms with Gasteiger partial charge in [-0.1, -0.05) is 54.1 Å². The lowest BCUT2D eigenvalue weighted by Gasteiger charge is -2.37. The van der Waals surface area contributed by atoms with Gasteiger partial charge in [-0.05, 0) is 35.4 Å². The first-order valence-corrected chi connectivity index (χ1v) is 8.80. The molecule has 2 heterocycles. The van der Waals surface area contributed by atoms with Crippen LogP contribution in [0.3, 0.4) is 0 Å². The molecule has 1 saturated heterocycles. The number of nitrogens with zero attached hydrogens (tertiary/aromatic N) is 2. The van der Waals surface area contributed by atoms with Gasteiger partial charge < -0.3 is 10.0 Å². The molecule has 0 aliphatic carbocycles. The summed E-state index contributed by atoms with van der Waals surface area (Å²) in [5.41, 5.74) is 3.94. The highest BCUT2D eigenvalue weighted by Gasteiger charge is 2.33. The third-order valence-corrected chi connectivity index (χ3v) is 4.87. The minimum absolute atomic E-state index is 0.313. The SMILES string of the molecule is O=C(O)C1CN(c2cccc(-c3cc(Cl)ccc3-c3ccccc3)n2)C1. The molecule has 0 saturated carbocycles. The molecule has 1 aromatic heterocycles. The van der Waals surface area contributed by atoms with Crippen LogP contribution in [-0.4, -0.2) is 29.1 Å². The van der Waals surface area contributed by atoms with Crippen molar-refractivity contribution >= 4 is 23.4 Å². The van der Waals surface area contributed by atoms with Gasteiger partial charge in [0.1, 0.15) is 5.82 Å². The van der Waals surface area contributed by atoms with Gasteiger partial charge in [-0.2, -0.15) is 0 Å². The number of rotatable bonds is 4. The third-order valence-electron chi connectivity index (χ3n) is 4.63. The fourth-order valence-electron chi connectivity index (χ4n) is 3.17. The van der Waals surface area contributed by atoms with Gasteiger partial charge >= 0.3 is 5.97 Å². The molecule has 0 atom stereocenters. The van der Waals surface area contributed by atoms with E-state index >= 15 is 0 Å². The van der Waals surface area contributed by atoms with Crippen LogP contribution in [-0.2, 0) is 4.79 Å². The second kappa shape index (κ2) is 6.81. The third kappa shape index (κ3) is 3.16. The summed E-state index contributed by atoms with van der Waals surface area (Å²) in [7, 11) is 0. The molecule has 3 aromatic rings. The molecule has 0 unspecified atom stereocenters. The Kier molecular flexibility index (Phi) is 4.35. The minimum atomic E-state index is -0.751. The van der Waals surface area contributed by atoms with Crippen LogP contribution in [0.25, 0.3) is 22.4 Å². The first-order valence-electron chi connectivity index (χ1n) is 8.42. The molecule has 0 bridgehead atoms. The van der Waals surface area contributed by atoms with Crippen LogP contribution >= 0.6 is 11.6 Å². The number of carbonyl (C=O) groups is 1. The number of anilines is 1. The molecule has 4 rings (SSSR count). The highest BCUT2D eigenvalue weighted by molar-refractivity contribution is 6.31. The molecule has 26 heavy (non-hydrogen) atoms. The molecule has 1 fully saturated rings. The number of pyridine rings is 1. The van der Waals surface area contributed by atoms with Crippen molar-refractivity contribution in [3.8, 4) is 22.4 Å². The Morgan fingerprint density at radius 1 is 1.00 bits per heavy atom. The number of aromatic nitrogens is 1. The van der Waals surface area contributed by atoms with Crippen molar-refractivity contribution in [2.75, 3.05) is 18.0 Å². The molecule has 1 aliphatic rings. The van der Waals surface area contributed by atoms with E-state index < -0.39 is 5.97 Å². The van der Waals surface area contributed by atoms with Gasteiger partial charge in [-0.3, -0.25) is 4.79 Å². The summed E-state index contributed by atoms with van der Waals surface area (Å²) in [5.74, 6) is -0.274. The van der Waals surface area contributed by atoms with Crippen LogP contribution in [0.1, 0.15) is 0 Å². The van der Waals surface area contributed by atoms with Crippen LogP contribution in [0.2, 0.25) is 5.02 Å². The lowest BCUT2D eigenvalue weighted by atomic mass is 9.97. The molecule has 1 aliphatic heterocycles. The number of hydrogen-bond acceptors (Lipinski definition) is 3. The maximum atomic E-state index is 11.0. The van der Waals surface area contributed by atoms with E-state index in [9.17, 15) is 4.79 Å². The lowest BCUT2D eigenvalue weighted by Crippen LogP contribution is -2.50. The van der Waals surface area contributed by atoms with Crippen molar-refractivity contribution in [1.82, 2.24) is 4.98 Å². The number of benzene rings is 2. The van der Waals surface area contributed by atoms with Crippen molar-refractivity contribution in [3.05, 3.63) is 71.8 Å². The van der Waals surface area contributed by atoms with Gasteiger partial charge in [0, 0.05) is 23.7 Å². The summed E-state index contributed by atoms with van der Waals surface area (Å²) < 4.78 is 0. The summed E-state index contributed by atoms with van der Waals surface area (Å²) in [6.07, 6.45) is 0. The van der Waals surface area contributed by atoms with Crippen molar-refractivity contribution < 1.29 is 9.90 Å². The quantitative estimate of drug-likeness (QED) is 0.735. The topological polar surface area (TPSA) is 53.4 Å². The molecular formula is C21H17ClN2O2. The maximum absolute atomic E-state index is 11.0. The average Bonchev–Trinajstić information content (AvgIpc) is 2.61. The van der Waals surface area contributed by atoms with Crippen molar-refractivity contribution in [1.29, 1.82) is 0 Å². The van der Waals surface area contributed by atoms with E-state index in [4.69, 9.17) is 21.7 Å². The highest BCUT2D eigenvalue weighted by Crippen LogP contribution is 2.34. The molecule has 1 N–H and O–H groups in total. The highest BCUT2D eigenvalue weighted by atomic mass is 35.5. The zero-order valence-electron chi connectivity index (χ0n) is 14.0. The predicted octanol–water partition coefficient (Wildman–Crippen LogP) is 4.59. The summed E-state index contributed by atoms with van der Waals surface area (Å²) in [4.78, 5) is 17.8. The molecule has 4 nitrogen and oxygen atoms in total.